The van der Waals surface area contributed by atoms with Crippen LogP contribution in [0.15, 0.2) is 60.7 Å². The van der Waals surface area contributed by atoms with Crippen LogP contribution < -0.4 is 5.32 Å². The molecule has 0 aliphatic carbocycles. The molecule has 150 valence electrons. The van der Waals surface area contributed by atoms with Gasteiger partial charge in [-0.1, -0.05) is 35.4 Å². The third-order valence-electron chi connectivity index (χ3n) is 5.10. The molecular weight excluding hydrogens is 399 g/mol. The summed E-state index contributed by atoms with van der Waals surface area (Å²) in [4.78, 5) is 18.2. The van der Waals surface area contributed by atoms with Crippen LogP contribution >= 0.6 is 11.6 Å². The number of hydrogen-bond acceptors (Lipinski definition) is 2. The number of rotatable bonds is 3. The molecule has 4 rings (SSSR count). The molecule has 0 spiro atoms. The Labute approximate surface area is 179 Å². The Morgan fingerprint density at radius 1 is 1.00 bits per heavy atom. The summed E-state index contributed by atoms with van der Waals surface area (Å²) in [5, 5.41) is 4.28. The Morgan fingerprint density at radius 2 is 1.73 bits per heavy atom. The Hall–Kier alpha value is -3.24. The molecule has 0 aliphatic rings. The van der Waals surface area contributed by atoms with E-state index in [1.165, 1.54) is 12.1 Å². The second-order valence-electron chi connectivity index (χ2n) is 7.41. The van der Waals surface area contributed by atoms with Crippen molar-refractivity contribution in [2.24, 2.45) is 0 Å². The van der Waals surface area contributed by atoms with Crippen LogP contribution in [0.25, 0.3) is 22.2 Å². The number of pyridine rings is 1. The van der Waals surface area contributed by atoms with Crippen molar-refractivity contribution in [1.82, 2.24) is 4.98 Å². The normalized spacial score (nSPS) is 11.0. The van der Waals surface area contributed by atoms with E-state index in [0.29, 0.717) is 22.0 Å². The number of nitrogens with zero attached hydrogens (tertiary/aromatic N) is 1. The maximum atomic E-state index is 13.3. The van der Waals surface area contributed by atoms with E-state index in [2.05, 4.69) is 5.32 Å². The predicted molar refractivity (Wildman–Crippen MR) is 121 cm³/mol. The molecule has 0 saturated heterocycles. The lowest BCUT2D eigenvalue weighted by molar-refractivity contribution is 0.102. The molecule has 0 radical (unpaired) electrons. The lowest BCUT2D eigenvalue weighted by Gasteiger charge is -2.17. The molecule has 3 nitrogen and oxygen atoms in total. The summed E-state index contributed by atoms with van der Waals surface area (Å²) in [7, 11) is 0. The number of halogens is 2. The fourth-order valence-corrected chi connectivity index (χ4v) is 3.94. The summed E-state index contributed by atoms with van der Waals surface area (Å²) in [5.74, 6) is -0.618. The van der Waals surface area contributed by atoms with Crippen molar-refractivity contribution in [3.05, 3.63) is 93.8 Å². The minimum absolute atomic E-state index is 0.264. The van der Waals surface area contributed by atoms with E-state index in [9.17, 15) is 9.18 Å². The average molecular weight is 419 g/mol. The largest absolute Gasteiger partial charge is 0.322 e. The zero-order chi connectivity index (χ0) is 21.4. The predicted octanol–water partition coefficient (Wildman–Crippen LogP) is 6.87. The minimum atomic E-state index is -0.354. The highest BCUT2D eigenvalue weighted by molar-refractivity contribution is 6.30. The summed E-state index contributed by atoms with van der Waals surface area (Å²) in [6.45, 7) is 5.87. The van der Waals surface area contributed by atoms with Gasteiger partial charge >= 0.3 is 0 Å². The van der Waals surface area contributed by atoms with Crippen LogP contribution in [-0.4, -0.2) is 10.9 Å². The molecule has 0 saturated carbocycles. The number of benzene rings is 3. The molecule has 3 aromatic carbocycles. The molecule has 0 aliphatic heterocycles. The third kappa shape index (κ3) is 3.79. The summed E-state index contributed by atoms with van der Waals surface area (Å²) in [6.07, 6.45) is 0. The van der Waals surface area contributed by atoms with E-state index in [1.807, 2.05) is 51.1 Å². The Kier molecular flexibility index (Phi) is 5.27. The van der Waals surface area contributed by atoms with Crippen LogP contribution in [0.2, 0.25) is 5.02 Å². The van der Waals surface area contributed by atoms with Gasteiger partial charge in [-0.15, -0.1) is 0 Å². The summed E-state index contributed by atoms with van der Waals surface area (Å²) in [5.41, 5.74) is 6.20. The first-order chi connectivity index (χ1) is 14.3. The molecule has 1 amide bonds. The quantitative estimate of drug-likeness (QED) is 0.394. The molecule has 4 aromatic rings. The van der Waals surface area contributed by atoms with E-state index in [-0.39, 0.29) is 11.7 Å². The van der Waals surface area contributed by atoms with Gasteiger partial charge in [0, 0.05) is 21.7 Å². The highest BCUT2D eigenvalue weighted by atomic mass is 35.5. The van der Waals surface area contributed by atoms with Gasteiger partial charge in [0.2, 0.25) is 0 Å². The number of amides is 1. The number of fused-ring (bicyclic) bond motifs is 1. The van der Waals surface area contributed by atoms with Gasteiger partial charge in [0.05, 0.1) is 16.8 Å². The smallest absolute Gasteiger partial charge is 0.256 e. The fourth-order valence-electron chi connectivity index (χ4n) is 3.75. The van der Waals surface area contributed by atoms with Crippen molar-refractivity contribution in [3.63, 3.8) is 0 Å². The summed E-state index contributed by atoms with van der Waals surface area (Å²) in [6, 6.07) is 17.2. The molecule has 0 fully saturated rings. The van der Waals surface area contributed by atoms with Gasteiger partial charge in [-0.25, -0.2) is 9.37 Å². The van der Waals surface area contributed by atoms with E-state index < -0.39 is 0 Å². The molecule has 0 atom stereocenters. The van der Waals surface area contributed by atoms with Gasteiger partial charge in [0.1, 0.15) is 5.82 Å². The van der Waals surface area contributed by atoms with Gasteiger partial charge in [0.25, 0.3) is 5.91 Å². The number of aromatic nitrogens is 1. The maximum absolute atomic E-state index is 13.3. The van der Waals surface area contributed by atoms with Crippen molar-refractivity contribution in [2.45, 2.75) is 20.8 Å². The van der Waals surface area contributed by atoms with Gasteiger partial charge in [-0.3, -0.25) is 4.79 Å². The number of anilines is 1. The van der Waals surface area contributed by atoms with E-state index in [4.69, 9.17) is 16.6 Å². The minimum Gasteiger partial charge on any atom is -0.322 e. The van der Waals surface area contributed by atoms with Crippen molar-refractivity contribution in [3.8, 4) is 11.3 Å². The highest BCUT2D eigenvalue weighted by Crippen LogP contribution is 2.33. The van der Waals surface area contributed by atoms with Crippen LogP contribution in [0, 0.1) is 26.6 Å². The van der Waals surface area contributed by atoms with E-state index >= 15 is 0 Å². The topological polar surface area (TPSA) is 42.0 Å². The molecule has 30 heavy (non-hydrogen) atoms. The molecule has 5 heteroatoms. The van der Waals surface area contributed by atoms with Crippen molar-refractivity contribution in [2.75, 3.05) is 5.32 Å². The van der Waals surface area contributed by atoms with Crippen LogP contribution in [-0.2, 0) is 0 Å². The third-order valence-corrected chi connectivity index (χ3v) is 5.33. The lowest BCUT2D eigenvalue weighted by Crippen LogP contribution is -2.15. The van der Waals surface area contributed by atoms with Crippen LogP contribution in [0.1, 0.15) is 27.0 Å². The summed E-state index contributed by atoms with van der Waals surface area (Å²) < 4.78 is 13.2. The molecule has 1 N–H and O–H groups in total. The number of nitrogens with one attached hydrogen (secondary N) is 1. The zero-order valence-electron chi connectivity index (χ0n) is 16.9. The fraction of sp³-hybridized carbons (Fsp3) is 0.120. The number of hydrogen-bond donors (Lipinski definition) is 1. The van der Waals surface area contributed by atoms with Crippen LogP contribution in [0.3, 0.4) is 0 Å². The molecule has 1 aromatic heterocycles. The number of carbonyl (C=O) groups excluding carboxylic acids is 1. The van der Waals surface area contributed by atoms with Gasteiger partial charge in [-0.05, 0) is 74.4 Å². The SMILES string of the molecule is Cc1cc(C)c2nc(-c3cccc(Cl)c3)c(C)c(C(=O)Nc3ccc(F)cc3)c2c1. The highest BCUT2D eigenvalue weighted by Gasteiger charge is 2.20. The van der Waals surface area contributed by atoms with Gasteiger partial charge in [-0.2, -0.15) is 0 Å². The van der Waals surface area contributed by atoms with Crippen molar-refractivity contribution in [1.29, 1.82) is 0 Å². The molecule has 0 bridgehead atoms. The number of carbonyl (C=O) groups is 1. The molecule has 1 heterocycles. The Bertz CT molecular complexity index is 1280. The van der Waals surface area contributed by atoms with Gasteiger partial charge < -0.3 is 5.32 Å². The average Bonchev–Trinajstić information content (AvgIpc) is 2.69. The Morgan fingerprint density at radius 3 is 2.43 bits per heavy atom. The van der Waals surface area contributed by atoms with E-state index in [1.54, 1.807) is 18.2 Å². The zero-order valence-corrected chi connectivity index (χ0v) is 17.6. The second-order valence-corrected chi connectivity index (χ2v) is 7.85. The van der Waals surface area contributed by atoms with Crippen molar-refractivity contribution < 1.29 is 9.18 Å². The standard InChI is InChI=1S/C25H20ClFN2O/c1-14-11-15(2)23-21(12-14)22(25(30)28-20-9-7-19(27)8-10-20)16(3)24(29-23)17-5-4-6-18(26)13-17/h4-13H,1-3H3,(H,28,30). The van der Waals surface area contributed by atoms with Crippen molar-refractivity contribution >= 4 is 34.1 Å². The number of aryl methyl sites for hydroxylation is 2. The maximum Gasteiger partial charge on any atom is 0.256 e. The van der Waals surface area contributed by atoms with Crippen LogP contribution in [0.5, 0.6) is 0 Å². The first kappa shape index (κ1) is 20.0. The first-order valence-corrected chi connectivity index (χ1v) is 9.95. The lowest BCUT2D eigenvalue weighted by atomic mass is 9.94. The monoisotopic (exact) mass is 418 g/mol. The summed E-state index contributed by atoms with van der Waals surface area (Å²) >= 11 is 6.20. The van der Waals surface area contributed by atoms with Crippen LogP contribution in [0.4, 0.5) is 10.1 Å². The first-order valence-electron chi connectivity index (χ1n) is 9.58. The van der Waals surface area contributed by atoms with E-state index in [0.717, 1.165) is 33.2 Å². The molecule has 0 unspecified atom stereocenters. The second kappa shape index (κ2) is 7.88. The van der Waals surface area contributed by atoms with Gasteiger partial charge in [0.15, 0.2) is 0 Å². The molecular formula is C25H20ClFN2O. The Balaban J connectivity index is 1.95.